The van der Waals surface area contributed by atoms with Gasteiger partial charge in [-0.3, -0.25) is 0 Å². The molecule has 2 nitrogen and oxygen atoms in total. The maximum atomic E-state index is 3.65. The molecule has 1 unspecified atom stereocenters. The SMILES string of the molecule is CCNC1CCN(c2ccc(C)cc2Br)C1. The first-order valence-electron chi connectivity index (χ1n) is 5.95. The van der Waals surface area contributed by atoms with Crippen molar-refractivity contribution < 1.29 is 0 Å². The average molecular weight is 283 g/mol. The summed E-state index contributed by atoms with van der Waals surface area (Å²) in [6.45, 7) is 7.63. The first-order valence-corrected chi connectivity index (χ1v) is 6.74. The Kier molecular flexibility index (Phi) is 3.87. The molecule has 0 radical (unpaired) electrons. The Morgan fingerprint density at radius 3 is 3.00 bits per heavy atom. The zero-order valence-electron chi connectivity index (χ0n) is 9.96. The maximum absolute atomic E-state index is 3.65. The van der Waals surface area contributed by atoms with Crippen LogP contribution in [0.1, 0.15) is 18.9 Å². The quantitative estimate of drug-likeness (QED) is 0.917. The van der Waals surface area contributed by atoms with Crippen LogP contribution in [-0.4, -0.2) is 25.7 Å². The fourth-order valence-electron chi connectivity index (χ4n) is 2.30. The Hall–Kier alpha value is -0.540. The minimum atomic E-state index is 0.651. The third kappa shape index (κ3) is 2.58. The van der Waals surface area contributed by atoms with E-state index in [9.17, 15) is 0 Å². The summed E-state index contributed by atoms with van der Waals surface area (Å²) in [5, 5.41) is 3.52. The van der Waals surface area contributed by atoms with Crippen molar-refractivity contribution in [1.82, 2.24) is 5.32 Å². The van der Waals surface area contributed by atoms with Crippen LogP contribution in [0.15, 0.2) is 22.7 Å². The average Bonchev–Trinajstić information content (AvgIpc) is 2.67. The second-order valence-corrected chi connectivity index (χ2v) is 5.30. The van der Waals surface area contributed by atoms with Gasteiger partial charge in [0.15, 0.2) is 0 Å². The molecule has 0 aliphatic carbocycles. The van der Waals surface area contributed by atoms with Crippen molar-refractivity contribution in [3.63, 3.8) is 0 Å². The molecule has 1 heterocycles. The van der Waals surface area contributed by atoms with Gasteiger partial charge in [-0.05, 0) is 53.5 Å². The van der Waals surface area contributed by atoms with E-state index in [2.05, 4.69) is 58.2 Å². The molecular weight excluding hydrogens is 264 g/mol. The fraction of sp³-hybridized carbons (Fsp3) is 0.538. The Labute approximate surface area is 106 Å². The number of halogens is 1. The van der Waals surface area contributed by atoms with Gasteiger partial charge in [0.2, 0.25) is 0 Å². The van der Waals surface area contributed by atoms with Crippen LogP contribution in [0.2, 0.25) is 0 Å². The number of hydrogen-bond acceptors (Lipinski definition) is 2. The number of nitrogens with one attached hydrogen (secondary N) is 1. The lowest BCUT2D eigenvalue weighted by molar-refractivity contribution is 0.572. The van der Waals surface area contributed by atoms with Gasteiger partial charge in [-0.25, -0.2) is 0 Å². The molecule has 1 atom stereocenters. The summed E-state index contributed by atoms with van der Waals surface area (Å²) in [4.78, 5) is 2.46. The summed E-state index contributed by atoms with van der Waals surface area (Å²) in [6.07, 6.45) is 1.24. The predicted octanol–water partition coefficient (Wildman–Crippen LogP) is 2.95. The molecule has 0 aromatic heterocycles. The number of anilines is 1. The van der Waals surface area contributed by atoms with Crippen molar-refractivity contribution >= 4 is 21.6 Å². The number of hydrogen-bond donors (Lipinski definition) is 1. The Morgan fingerprint density at radius 2 is 2.31 bits per heavy atom. The molecule has 1 aliphatic rings. The van der Waals surface area contributed by atoms with Crippen molar-refractivity contribution in [2.24, 2.45) is 0 Å². The van der Waals surface area contributed by atoms with E-state index in [-0.39, 0.29) is 0 Å². The third-order valence-corrected chi connectivity index (χ3v) is 3.76. The molecule has 16 heavy (non-hydrogen) atoms. The zero-order valence-corrected chi connectivity index (χ0v) is 11.5. The summed E-state index contributed by atoms with van der Waals surface area (Å²) in [5.74, 6) is 0. The van der Waals surface area contributed by atoms with E-state index >= 15 is 0 Å². The van der Waals surface area contributed by atoms with Crippen molar-refractivity contribution in [1.29, 1.82) is 0 Å². The zero-order chi connectivity index (χ0) is 11.5. The molecule has 1 aliphatic heterocycles. The monoisotopic (exact) mass is 282 g/mol. The van der Waals surface area contributed by atoms with Crippen LogP contribution in [0.5, 0.6) is 0 Å². The Balaban J connectivity index is 2.08. The van der Waals surface area contributed by atoms with Crippen molar-refractivity contribution in [2.75, 3.05) is 24.5 Å². The van der Waals surface area contributed by atoms with Gasteiger partial charge in [-0.15, -0.1) is 0 Å². The summed E-state index contributed by atoms with van der Waals surface area (Å²) in [7, 11) is 0. The van der Waals surface area contributed by atoms with Gasteiger partial charge in [-0.2, -0.15) is 0 Å². The van der Waals surface area contributed by atoms with Crippen LogP contribution in [-0.2, 0) is 0 Å². The van der Waals surface area contributed by atoms with E-state index < -0.39 is 0 Å². The Bertz CT molecular complexity index is 365. The van der Waals surface area contributed by atoms with Gasteiger partial charge < -0.3 is 10.2 Å². The molecule has 3 heteroatoms. The van der Waals surface area contributed by atoms with Crippen molar-refractivity contribution in [3.8, 4) is 0 Å². The smallest absolute Gasteiger partial charge is 0.0511 e. The van der Waals surface area contributed by atoms with Gasteiger partial charge in [0.05, 0.1) is 5.69 Å². The van der Waals surface area contributed by atoms with E-state index in [1.807, 2.05) is 0 Å². The van der Waals surface area contributed by atoms with Crippen LogP contribution >= 0.6 is 15.9 Å². The lowest BCUT2D eigenvalue weighted by Gasteiger charge is -2.20. The largest absolute Gasteiger partial charge is 0.369 e. The van der Waals surface area contributed by atoms with Crippen LogP contribution in [0.4, 0.5) is 5.69 Å². The summed E-state index contributed by atoms with van der Waals surface area (Å²) >= 11 is 3.65. The van der Waals surface area contributed by atoms with E-state index in [0.29, 0.717) is 6.04 Å². The highest BCUT2D eigenvalue weighted by Gasteiger charge is 2.22. The van der Waals surface area contributed by atoms with Crippen LogP contribution in [0, 0.1) is 6.92 Å². The third-order valence-electron chi connectivity index (χ3n) is 3.12. The Morgan fingerprint density at radius 1 is 1.50 bits per heavy atom. The number of rotatable bonds is 3. The molecule has 0 saturated carbocycles. The topological polar surface area (TPSA) is 15.3 Å². The second-order valence-electron chi connectivity index (χ2n) is 4.44. The normalized spacial score (nSPS) is 20.4. The molecule has 0 bridgehead atoms. The van der Waals surface area contributed by atoms with E-state index in [4.69, 9.17) is 0 Å². The first kappa shape index (κ1) is 11.9. The highest BCUT2D eigenvalue weighted by Crippen LogP contribution is 2.29. The molecule has 88 valence electrons. The van der Waals surface area contributed by atoms with Crippen LogP contribution < -0.4 is 10.2 Å². The molecule has 2 rings (SSSR count). The molecule has 1 aromatic carbocycles. The molecular formula is C13H19BrN2. The number of benzene rings is 1. The standard InChI is InChI=1S/C13H19BrN2/c1-3-15-11-6-7-16(9-11)13-5-4-10(2)8-12(13)14/h4-5,8,11,15H,3,6-7,9H2,1-2H3. The van der Waals surface area contributed by atoms with Crippen molar-refractivity contribution in [2.45, 2.75) is 26.3 Å². The summed E-state index contributed by atoms with van der Waals surface area (Å²) in [6, 6.07) is 7.24. The van der Waals surface area contributed by atoms with Gasteiger partial charge in [0, 0.05) is 23.6 Å². The summed E-state index contributed by atoms with van der Waals surface area (Å²) < 4.78 is 1.21. The summed E-state index contributed by atoms with van der Waals surface area (Å²) in [5.41, 5.74) is 2.63. The maximum Gasteiger partial charge on any atom is 0.0511 e. The van der Waals surface area contributed by atoms with E-state index in [1.165, 1.54) is 22.1 Å². The lowest BCUT2D eigenvalue weighted by Crippen LogP contribution is -2.32. The molecule has 1 N–H and O–H groups in total. The van der Waals surface area contributed by atoms with E-state index in [1.54, 1.807) is 0 Å². The first-order chi connectivity index (χ1) is 7.70. The lowest BCUT2D eigenvalue weighted by atomic mass is 10.2. The van der Waals surface area contributed by atoms with Crippen molar-refractivity contribution in [3.05, 3.63) is 28.2 Å². The number of likely N-dealkylation sites (N-methyl/N-ethyl adjacent to an activating group) is 1. The second kappa shape index (κ2) is 5.19. The van der Waals surface area contributed by atoms with Gasteiger partial charge in [0.1, 0.15) is 0 Å². The van der Waals surface area contributed by atoms with Crippen LogP contribution in [0.3, 0.4) is 0 Å². The fourth-order valence-corrected chi connectivity index (χ4v) is 3.05. The van der Waals surface area contributed by atoms with Gasteiger partial charge >= 0.3 is 0 Å². The van der Waals surface area contributed by atoms with Gasteiger partial charge in [0.25, 0.3) is 0 Å². The molecule has 1 fully saturated rings. The van der Waals surface area contributed by atoms with E-state index in [0.717, 1.165) is 19.6 Å². The highest BCUT2D eigenvalue weighted by molar-refractivity contribution is 9.10. The molecule has 0 spiro atoms. The number of aryl methyl sites for hydroxylation is 1. The van der Waals surface area contributed by atoms with Gasteiger partial charge in [-0.1, -0.05) is 13.0 Å². The van der Waals surface area contributed by atoms with Crippen LogP contribution in [0.25, 0.3) is 0 Å². The number of nitrogens with zero attached hydrogens (tertiary/aromatic N) is 1. The highest BCUT2D eigenvalue weighted by atomic mass is 79.9. The predicted molar refractivity (Wildman–Crippen MR) is 73.2 cm³/mol. The molecule has 1 saturated heterocycles. The minimum Gasteiger partial charge on any atom is -0.369 e. The molecule has 1 aromatic rings. The molecule has 0 amide bonds. The minimum absolute atomic E-state index is 0.651.